The van der Waals surface area contributed by atoms with Crippen molar-refractivity contribution in [2.75, 3.05) is 32.9 Å². The summed E-state index contributed by atoms with van der Waals surface area (Å²) in [5.74, 6) is 0. The Bertz CT molecular complexity index is 206. The molecule has 0 aromatic rings. The lowest BCUT2D eigenvalue weighted by molar-refractivity contribution is -0.128. The molecule has 0 aromatic carbocycles. The third-order valence-corrected chi connectivity index (χ3v) is 3.51. The van der Waals surface area contributed by atoms with E-state index in [1.54, 1.807) is 0 Å². The van der Waals surface area contributed by atoms with E-state index in [0.29, 0.717) is 12.7 Å². The molecule has 2 rings (SSSR count). The van der Waals surface area contributed by atoms with Crippen molar-refractivity contribution in [2.24, 2.45) is 5.41 Å². The van der Waals surface area contributed by atoms with Crippen molar-refractivity contribution in [3.05, 3.63) is 12.7 Å². The summed E-state index contributed by atoms with van der Waals surface area (Å²) in [5.41, 5.74) is 0.222. The van der Waals surface area contributed by atoms with E-state index in [0.717, 1.165) is 39.1 Å². The molecule has 2 saturated heterocycles. The normalized spacial score (nSPS) is 35.9. The first-order chi connectivity index (χ1) is 7.37. The molecule has 0 radical (unpaired) electrons. The first-order valence-electron chi connectivity index (χ1n) is 5.88. The molecule has 0 aromatic heterocycles. The lowest BCUT2D eigenvalue weighted by Gasteiger charge is -2.46. The highest BCUT2D eigenvalue weighted by Gasteiger charge is 2.43. The van der Waals surface area contributed by atoms with E-state index in [9.17, 15) is 0 Å². The fourth-order valence-corrected chi connectivity index (χ4v) is 2.71. The smallest absolute Gasteiger partial charge is 0.0677 e. The molecule has 1 N–H and O–H groups in total. The molecular formula is C12H21NO2. The Kier molecular flexibility index (Phi) is 3.78. The second-order valence-electron chi connectivity index (χ2n) is 4.59. The van der Waals surface area contributed by atoms with Gasteiger partial charge in [-0.15, -0.1) is 6.58 Å². The summed E-state index contributed by atoms with van der Waals surface area (Å²) in [6, 6.07) is 0. The van der Waals surface area contributed by atoms with Crippen LogP contribution < -0.4 is 5.32 Å². The van der Waals surface area contributed by atoms with Gasteiger partial charge in [0.1, 0.15) is 0 Å². The van der Waals surface area contributed by atoms with Crippen molar-refractivity contribution in [3.8, 4) is 0 Å². The number of piperidine rings is 1. The van der Waals surface area contributed by atoms with E-state index in [2.05, 4.69) is 11.9 Å². The SMILES string of the molecule is C=CCOCC12CCCOC1CCNC2. The van der Waals surface area contributed by atoms with E-state index in [1.165, 1.54) is 6.42 Å². The van der Waals surface area contributed by atoms with Crippen molar-refractivity contribution >= 4 is 0 Å². The second kappa shape index (κ2) is 5.10. The van der Waals surface area contributed by atoms with Gasteiger partial charge in [0.2, 0.25) is 0 Å². The van der Waals surface area contributed by atoms with Gasteiger partial charge in [-0.05, 0) is 25.8 Å². The number of rotatable bonds is 4. The van der Waals surface area contributed by atoms with Crippen LogP contribution in [0.4, 0.5) is 0 Å². The van der Waals surface area contributed by atoms with Crippen LogP contribution in [0.2, 0.25) is 0 Å². The maximum Gasteiger partial charge on any atom is 0.0677 e. The molecule has 0 spiro atoms. The summed E-state index contributed by atoms with van der Waals surface area (Å²) in [5, 5.41) is 3.47. The minimum absolute atomic E-state index is 0.222. The Morgan fingerprint density at radius 3 is 3.40 bits per heavy atom. The summed E-state index contributed by atoms with van der Waals surface area (Å²) >= 11 is 0. The van der Waals surface area contributed by atoms with Gasteiger partial charge in [0, 0.05) is 18.6 Å². The monoisotopic (exact) mass is 211 g/mol. The molecule has 0 aliphatic carbocycles. The van der Waals surface area contributed by atoms with Crippen LogP contribution in [0.1, 0.15) is 19.3 Å². The van der Waals surface area contributed by atoms with Crippen LogP contribution in [-0.2, 0) is 9.47 Å². The van der Waals surface area contributed by atoms with E-state index >= 15 is 0 Å². The molecule has 3 heteroatoms. The van der Waals surface area contributed by atoms with Crippen LogP contribution in [0, 0.1) is 5.41 Å². The Balaban J connectivity index is 1.95. The van der Waals surface area contributed by atoms with Crippen LogP contribution >= 0.6 is 0 Å². The highest BCUT2D eigenvalue weighted by molar-refractivity contribution is 4.95. The Morgan fingerprint density at radius 1 is 1.60 bits per heavy atom. The summed E-state index contributed by atoms with van der Waals surface area (Å²) in [4.78, 5) is 0. The first-order valence-corrected chi connectivity index (χ1v) is 5.88. The van der Waals surface area contributed by atoms with E-state index < -0.39 is 0 Å². The lowest BCUT2D eigenvalue weighted by atomic mass is 9.73. The zero-order valence-corrected chi connectivity index (χ0v) is 9.34. The average molecular weight is 211 g/mol. The Labute approximate surface area is 91.8 Å². The van der Waals surface area contributed by atoms with Crippen molar-refractivity contribution in [2.45, 2.75) is 25.4 Å². The Hall–Kier alpha value is -0.380. The fraction of sp³-hybridized carbons (Fsp3) is 0.833. The molecule has 86 valence electrons. The number of nitrogens with one attached hydrogen (secondary N) is 1. The zero-order chi connectivity index (χ0) is 10.6. The standard InChI is InChI=1S/C12H21NO2/c1-2-7-14-10-12-5-3-8-15-11(12)4-6-13-9-12/h2,11,13H,1,3-10H2. The van der Waals surface area contributed by atoms with E-state index in [1.807, 2.05) is 6.08 Å². The van der Waals surface area contributed by atoms with Crippen LogP contribution in [0.5, 0.6) is 0 Å². The minimum atomic E-state index is 0.222. The van der Waals surface area contributed by atoms with Crippen LogP contribution in [0.25, 0.3) is 0 Å². The number of ether oxygens (including phenoxy) is 2. The molecule has 0 bridgehead atoms. The van der Waals surface area contributed by atoms with Gasteiger partial charge in [0.15, 0.2) is 0 Å². The van der Waals surface area contributed by atoms with Crippen molar-refractivity contribution in [1.29, 1.82) is 0 Å². The molecule has 3 nitrogen and oxygen atoms in total. The summed E-state index contributed by atoms with van der Waals surface area (Å²) in [6.45, 7) is 8.16. The molecule has 2 heterocycles. The predicted molar refractivity (Wildman–Crippen MR) is 59.9 cm³/mol. The van der Waals surface area contributed by atoms with Gasteiger partial charge in [-0.2, -0.15) is 0 Å². The number of hydrogen-bond donors (Lipinski definition) is 1. The van der Waals surface area contributed by atoms with Gasteiger partial charge in [-0.1, -0.05) is 6.08 Å². The molecule has 0 saturated carbocycles. The molecule has 15 heavy (non-hydrogen) atoms. The Morgan fingerprint density at radius 2 is 2.53 bits per heavy atom. The van der Waals surface area contributed by atoms with Crippen molar-refractivity contribution in [1.82, 2.24) is 5.32 Å². The quantitative estimate of drug-likeness (QED) is 0.562. The van der Waals surface area contributed by atoms with Gasteiger partial charge in [0.25, 0.3) is 0 Å². The third kappa shape index (κ3) is 2.41. The van der Waals surface area contributed by atoms with Crippen molar-refractivity contribution < 1.29 is 9.47 Å². The van der Waals surface area contributed by atoms with Gasteiger partial charge < -0.3 is 14.8 Å². The zero-order valence-electron chi connectivity index (χ0n) is 9.34. The molecule has 2 fully saturated rings. The van der Waals surface area contributed by atoms with Crippen LogP contribution in [-0.4, -0.2) is 39.0 Å². The van der Waals surface area contributed by atoms with Crippen LogP contribution in [0.15, 0.2) is 12.7 Å². The highest BCUT2D eigenvalue weighted by Crippen LogP contribution is 2.37. The minimum Gasteiger partial charge on any atom is -0.377 e. The largest absolute Gasteiger partial charge is 0.377 e. The van der Waals surface area contributed by atoms with Gasteiger partial charge in [-0.25, -0.2) is 0 Å². The van der Waals surface area contributed by atoms with Crippen LogP contribution in [0.3, 0.4) is 0 Å². The van der Waals surface area contributed by atoms with Gasteiger partial charge in [0.05, 0.1) is 19.3 Å². The third-order valence-electron chi connectivity index (χ3n) is 3.51. The lowest BCUT2D eigenvalue weighted by Crippen LogP contribution is -2.55. The molecule has 2 unspecified atom stereocenters. The number of hydrogen-bond acceptors (Lipinski definition) is 3. The van der Waals surface area contributed by atoms with E-state index in [-0.39, 0.29) is 5.41 Å². The van der Waals surface area contributed by atoms with Gasteiger partial charge in [-0.3, -0.25) is 0 Å². The van der Waals surface area contributed by atoms with E-state index in [4.69, 9.17) is 9.47 Å². The first kappa shape index (κ1) is 11.1. The molecule has 2 aliphatic rings. The van der Waals surface area contributed by atoms with Crippen molar-refractivity contribution in [3.63, 3.8) is 0 Å². The topological polar surface area (TPSA) is 30.5 Å². The average Bonchev–Trinajstić information content (AvgIpc) is 2.29. The molecule has 2 aliphatic heterocycles. The maximum absolute atomic E-state index is 5.87. The number of fused-ring (bicyclic) bond motifs is 1. The maximum atomic E-state index is 5.87. The fourth-order valence-electron chi connectivity index (χ4n) is 2.71. The summed E-state index contributed by atoms with van der Waals surface area (Å²) in [6.07, 6.45) is 5.72. The molecule has 2 atom stereocenters. The second-order valence-corrected chi connectivity index (χ2v) is 4.59. The molecule has 0 amide bonds. The molecular weight excluding hydrogens is 190 g/mol. The highest BCUT2D eigenvalue weighted by atomic mass is 16.5. The van der Waals surface area contributed by atoms with Gasteiger partial charge >= 0.3 is 0 Å². The summed E-state index contributed by atoms with van der Waals surface area (Å²) in [7, 11) is 0. The predicted octanol–water partition coefficient (Wildman–Crippen LogP) is 1.35. The summed E-state index contributed by atoms with van der Waals surface area (Å²) < 4.78 is 11.5.